The lowest BCUT2D eigenvalue weighted by molar-refractivity contribution is 0.661. The first-order chi connectivity index (χ1) is 6.83. The summed E-state index contributed by atoms with van der Waals surface area (Å²) in [5.74, 6) is 0. The van der Waals surface area contributed by atoms with E-state index in [2.05, 4.69) is 22.4 Å². The lowest BCUT2D eigenvalue weighted by Crippen LogP contribution is -2.32. The summed E-state index contributed by atoms with van der Waals surface area (Å²) >= 11 is 5.01. The first-order valence-corrected chi connectivity index (χ1v) is 5.44. The highest BCUT2D eigenvalue weighted by Gasteiger charge is 2.06. The van der Waals surface area contributed by atoms with E-state index in [1.165, 1.54) is 25.0 Å². The monoisotopic (exact) mass is 211 g/mol. The van der Waals surface area contributed by atoms with Crippen molar-refractivity contribution in [1.82, 2.24) is 10.7 Å². The molecular formula is C10H17N3S. The first-order valence-electron chi connectivity index (χ1n) is 5.03. The van der Waals surface area contributed by atoms with Crippen molar-refractivity contribution in [2.45, 2.75) is 32.1 Å². The Morgan fingerprint density at radius 1 is 1.43 bits per heavy atom. The Morgan fingerprint density at radius 3 is 2.79 bits per heavy atom. The maximum absolute atomic E-state index is 5.01. The topological polar surface area (TPSA) is 36.4 Å². The third-order valence-electron chi connectivity index (χ3n) is 2.15. The zero-order valence-corrected chi connectivity index (χ0v) is 9.20. The predicted octanol–water partition coefficient (Wildman–Crippen LogP) is 1.96. The molecule has 1 saturated carbocycles. The van der Waals surface area contributed by atoms with Crippen LogP contribution in [0.4, 0.5) is 0 Å². The van der Waals surface area contributed by atoms with E-state index in [4.69, 9.17) is 12.2 Å². The standard InChI is InChI=1S/C10H17N3S/c1-2-8-11-10(14)13-12-9-6-4-3-5-7-9/h2H,1,3-8H2,(H2,11,13,14). The number of nitrogens with one attached hydrogen (secondary N) is 2. The van der Waals surface area contributed by atoms with Crippen LogP contribution >= 0.6 is 12.2 Å². The van der Waals surface area contributed by atoms with E-state index >= 15 is 0 Å². The van der Waals surface area contributed by atoms with Crippen molar-refractivity contribution in [3.63, 3.8) is 0 Å². The van der Waals surface area contributed by atoms with E-state index in [1.54, 1.807) is 6.08 Å². The molecule has 0 radical (unpaired) electrons. The van der Waals surface area contributed by atoms with E-state index < -0.39 is 0 Å². The molecule has 78 valence electrons. The van der Waals surface area contributed by atoms with Gasteiger partial charge in [0.15, 0.2) is 5.11 Å². The van der Waals surface area contributed by atoms with E-state index in [9.17, 15) is 0 Å². The number of thiocarbonyl (C=S) groups is 1. The number of hydrogen-bond acceptors (Lipinski definition) is 2. The van der Waals surface area contributed by atoms with Crippen LogP contribution in [0.5, 0.6) is 0 Å². The highest BCUT2D eigenvalue weighted by Crippen LogP contribution is 2.13. The summed E-state index contributed by atoms with van der Waals surface area (Å²) < 4.78 is 0. The van der Waals surface area contributed by atoms with Crippen LogP contribution in [0.3, 0.4) is 0 Å². The molecule has 1 aliphatic rings. The molecular weight excluding hydrogens is 194 g/mol. The minimum absolute atomic E-state index is 0.572. The molecule has 1 fully saturated rings. The van der Waals surface area contributed by atoms with Gasteiger partial charge in [0.1, 0.15) is 0 Å². The van der Waals surface area contributed by atoms with E-state index in [1.807, 2.05) is 0 Å². The summed E-state index contributed by atoms with van der Waals surface area (Å²) in [7, 11) is 0. The Kier molecular flexibility index (Phi) is 5.22. The Labute approximate surface area is 90.7 Å². The van der Waals surface area contributed by atoms with Gasteiger partial charge in [-0.15, -0.1) is 6.58 Å². The minimum atomic E-state index is 0.572. The van der Waals surface area contributed by atoms with Gasteiger partial charge in [0.2, 0.25) is 0 Å². The lowest BCUT2D eigenvalue weighted by atomic mass is 9.99. The van der Waals surface area contributed by atoms with E-state index in [0.29, 0.717) is 11.7 Å². The van der Waals surface area contributed by atoms with Crippen molar-refractivity contribution < 1.29 is 0 Å². The average Bonchev–Trinajstić information content (AvgIpc) is 2.25. The van der Waals surface area contributed by atoms with Crippen LogP contribution in [0.25, 0.3) is 0 Å². The van der Waals surface area contributed by atoms with Crippen molar-refractivity contribution in [2.24, 2.45) is 5.10 Å². The molecule has 0 amide bonds. The number of hydrazone groups is 1. The van der Waals surface area contributed by atoms with Gasteiger partial charge in [0.25, 0.3) is 0 Å². The molecule has 1 aliphatic carbocycles. The van der Waals surface area contributed by atoms with Gasteiger partial charge in [0, 0.05) is 12.3 Å². The minimum Gasteiger partial charge on any atom is -0.358 e. The fraction of sp³-hybridized carbons (Fsp3) is 0.600. The number of nitrogens with zero attached hydrogens (tertiary/aromatic N) is 1. The first kappa shape index (κ1) is 11.2. The zero-order chi connectivity index (χ0) is 10.2. The molecule has 0 saturated heterocycles. The molecule has 0 atom stereocenters. The highest BCUT2D eigenvalue weighted by atomic mass is 32.1. The molecule has 3 nitrogen and oxygen atoms in total. The van der Waals surface area contributed by atoms with Crippen molar-refractivity contribution in [2.75, 3.05) is 6.54 Å². The second-order valence-electron chi connectivity index (χ2n) is 3.35. The van der Waals surface area contributed by atoms with Gasteiger partial charge in [-0.2, -0.15) is 5.10 Å². The van der Waals surface area contributed by atoms with Gasteiger partial charge in [-0.3, -0.25) is 5.43 Å². The number of hydrogen-bond donors (Lipinski definition) is 2. The van der Waals surface area contributed by atoms with Gasteiger partial charge >= 0.3 is 0 Å². The molecule has 0 aliphatic heterocycles. The van der Waals surface area contributed by atoms with Gasteiger partial charge < -0.3 is 5.32 Å². The van der Waals surface area contributed by atoms with E-state index in [-0.39, 0.29) is 0 Å². The quantitative estimate of drug-likeness (QED) is 0.425. The van der Waals surface area contributed by atoms with Crippen LogP contribution in [0, 0.1) is 0 Å². The maximum atomic E-state index is 5.01. The average molecular weight is 211 g/mol. The molecule has 0 aromatic carbocycles. The molecule has 0 bridgehead atoms. The predicted molar refractivity (Wildman–Crippen MR) is 64.5 cm³/mol. The van der Waals surface area contributed by atoms with Crippen LogP contribution in [0.15, 0.2) is 17.8 Å². The highest BCUT2D eigenvalue weighted by molar-refractivity contribution is 7.80. The molecule has 0 spiro atoms. The Bertz CT molecular complexity index is 228. The largest absolute Gasteiger partial charge is 0.358 e. The fourth-order valence-corrected chi connectivity index (χ4v) is 1.53. The van der Waals surface area contributed by atoms with Crippen LogP contribution in [-0.4, -0.2) is 17.4 Å². The van der Waals surface area contributed by atoms with Gasteiger partial charge in [-0.1, -0.05) is 12.5 Å². The van der Waals surface area contributed by atoms with Crippen molar-refractivity contribution >= 4 is 23.0 Å². The third kappa shape index (κ3) is 4.37. The SMILES string of the molecule is C=CCNC(=S)NN=C1CCCCC1. The normalized spacial score (nSPS) is 15.9. The lowest BCUT2D eigenvalue weighted by Gasteiger charge is -2.12. The maximum Gasteiger partial charge on any atom is 0.187 e. The van der Waals surface area contributed by atoms with Crippen LogP contribution < -0.4 is 10.7 Å². The van der Waals surface area contributed by atoms with Crippen LogP contribution in [-0.2, 0) is 0 Å². The molecule has 4 heteroatoms. The zero-order valence-electron chi connectivity index (χ0n) is 8.38. The number of rotatable bonds is 3. The van der Waals surface area contributed by atoms with Crippen LogP contribution in [0.2, 0.25) is 0 Å². The Morgan fingerprint density at radius 2 is 2.14 bits per heavy atom. The fourth-order valence-electron chi connectivity index (χ4n) is 1.41. The molecule has 2 N–H and O–H groups in total. The second kappa shape index (κ2) is 6.54. The smallest absolute Gasteiger partial charge is 0.187 e. The summed E-state index contributed by atoms with van der Waals surface area (Å²) in [5, 5.41) is 7.80. The summed E-state index contributed by atoms with van der Waals surface area (Å²) in [6, 6.07) is 0. The van der Waals surface area contributed by atoms with Crippen molar-refractivity contribution in [3.8, 4) is 0 Å². The third-order valence-corrected chi connectivity index (χ3v) is 2.39. The van der Waals surface area contributed by atoms with Crippen LogP contribution in [0.1, 0.15) is 32.1 Å². The molecule has 0 aromatic rings. The molecule has 0 unspecified atom stereocenters. The second-order valence-corrected chi connectivity index (χ2v) is 3.76. The molecule has 1 rings (SSSR count). The Hall–Kier alpha value is -0.900. The molecule has 0 aromatic heterocycles. The van der Waals surface area contributed by atoms with Crippen molar-refractivity contribution in [3.05, 3.63) is 12.7 Å². The van der Waals surface area contributed by atoms with E-state index in [0.717, 1.165) is 12.8 Å². The van der Waals surface area contributed by atoms with Gasteiger partial charge in [0.05, 0.1) is 0 Å². The summed E-state index contributed by atoms with van der Waals surface area (Å²) in [6.07, 6.45) is 7.83. The van der Waals surface area contributed by atoms with Gasteiger partial charge in [-0.25, -0.2) is 0 Å². The summed E-state index contributed by atoms with van der Waals surface area (Å²) in [5.41, 5.74) is 4.08. The Balaban J connectivity index is 2.22. The van der Waals surface area contributed by atoms with Gasteiger partial charge in [-0.05, 0) is 37.9 Å². The summed E-state index contributed by atoms with van der Waals surface area (Å²) in [4.78, 5) is 0. The molecule has 14 heavy (non-hydrogen) atoms. The molecule has 0 heterocycles. The van der Waals surface area contributed by atoms with Crippen molar-refractivity contribution in [1.29, 1.82) is 0 Å². The summed E-state index contributed by atoms with van der Waals surface area (Å²) in [6.45, 7) is 4.27.